The highest BCUT2D eigenvalue weighted by molar-refractivity contribution is 7.98. The van der Waals surface area contributed by atoms with E-state index >= 15 is 0 Å². The zero-order valence-electron chi connectivity index (χ0n) is 14.4. The molecule has 1 atom stereocenters. The topological polar surface area (TPSA) is 28.2 Å². The Labute approximate surface area is 134 Å². The standard InChI is InChI=1S/C17H31N3S/c1-7-16-8-15(11-18-10-13(2)3)9-17(19-16)20(5)14(4)12-21-6/h8-9,13-14,18H,7,10-12H2,1-6H3. The van der Waals surface area contributed by atoms with E-state index in [4.69, 9.17) is 4.98 Å². The van der Waals surface area contributed by atoms with Gasteiger partial charge < -0.3 is 10.2 Å². The van der Waals surface area contributed by atoms with E-state index in [0.29, 0.717) is 12.0 Å². The van der Waals surface area contributed by atoms with Crippen LogP contribution in [0.1, 0.15) is 39.0 Å². The molecule has 4 heteroatoms. The smallest absolute Gasteiger partial charge is 0.129 e. The number of thioether (sulfide) groups is 1. The molecule has 0 bridgehead atoms. The minimum Gasteiger partial charge on any atom is -0.356 e. The van der Waals surface area contributed by atoms with E-state index in [9.17, 15) is 0 Å². The molecule has 0 fully saturated rings. The monoisotopic (exact) mass is 309 g/mol. The van der Waals surface area contributed by atoms with Crippen molar-refractivity contribution in [1.29, 1.82) is 0 Å². The zero-order valence-corrected chi connectivity index (χ0v) is 15.3. The molecule has 0 amide bonds. The summed E-state index contributed by atoms with van der Waals surface area (Å²) in [4.78, 5) is 7.08. The first kappa shape index (κ1) is 18.3. The molecular weight excluding hydrogens is 278 g/mol. The van der Waals surface area contributed by atoms with Gasteiger partial charge >= 0.3 is 0 Å². The van der Waals surface area contributed by atoms with Crippen LogP contribution in [0, 0.1) is 5.92 Å². The van der Waals surface area contributed by atoms with Gasteiger partial charge in [-0.2, -0.15) is 11.8 Å². The van der Waals surface area contributed by atoms with Crippen molar-refractivity contribution in [1.82, 2.24) is 10.3 Å². The summed E-state index contributed by atoms with van der Waals surface area (Å²) >= 11 is 1.88. The van der Waals surface area contributed by atoms with Crippen LogP contribution >= 0.6 is 11.8 Å². The van der Waals surface area contributed by atoms with Gasteiger partial charge in [0.25, 0.3) is 0 Å². The molecule has 0 saturated carbocycles. The Morgan fingerprint density at radius 2 is 2.00 bits per heavy atom. The average Bonchev–Trinajstić information content (AvgIpc) is 2.46. The van der Waals surface area contributed by atoms with Crippen molar-refractivity contribution in [3.05, 3.63) is 23.4 Å². The van der Waals surface area contributed by atoms with Crippen LogP contribution in [0.2, 0.25) is 0 Å². The fourth-order valence-electron chi connectivity index (χ4n) is 2.18. The van der Waals surface area contributed by atoms with Gasteiger partial charge in [-0.25, -0.2) is 4.98 Å². The van der Waals surface area contributed by atoms with Gasteiger partial charge in [-0.1, -0.05) is 20.8 Å². The van der Waals surface area contributed by atoms with Gasteiger partial charge in [0.05, 0.1) is 0 Å². The summed E-state index contributed by atoms with van der Waals surface area (Å²) in [5.41, 5.74) is 2.51. The highest BCUT2D eigenvalue weighted by Crippen LogP contribution is 2.18. The van der Waals surface area contributed by atoms with Crippen molar-refractivity contribution in [3.8, 4) is 0 Å². The van der Waals surface area contributed by atoms with E-state index in [1.165, 1.54) is 11.3 Å². The summed E-state index contributed by atoms with van der Waals surface area (Å²) in [5.74, 6) is 2.90. The van der Waals surface area contributed by atoms with E-state index < -0.39 is 0 Å². The van der Waals surface area contributed by atoms with Gasteiger partial charge in [0, 0.05) is 31.1 Å². The third kappa shape index (κ3) is 6.27. The number of aromatic nitrogens is 1. The molecule has 1 heterocycles. The number of hydrogen-bond acceptors (Lipinski definition) is 4. The van der Waals surface area contributed by atoms with Crippen LogP contribution in [-0.4, -0.2) is 36.6 Å². The van der Waals surface area contributed by atoms with Gasteiger partial charge in [-0.15, -0.1) is 0 Å². The van der Waals surface area contributed by atoms with Crippen molar-refractivity contribution in [2.45, 2.75) is 46.7 Å². The summed E-state index contributed by atoms with van der Waals surface area (Å²) in [5, 5.41) is 3.52. The Balaban J connectivity index is 2.83. The van der Waals surface area contributed by atoms with Crippen LogP contribution in [0.15, 0.2) is 12.1 Å². The van der Waals surface area contributed by atoms with Crippen LogP contribution in [0.25, 0.3) is 0 Å². The van der Waals surface area contributed by atoms with Gasteiger partial charge in [-0.05, 0) is 49.8 Å². The number of anilines is 1. The minimum absolute atomic E-state index is 0.496. The first-order chi connectivity index (χ1) is 9.97. The Bertz CT molecular complexity index is 420. The molecule has 0 saturated heterocycles. The fourth-order valence-corrected chi connectivity index (χ4v) is 2.89. The summed E-state index contributed by atoms with van der Waals surface area (Å²) in [6.45, 7) is 10.9. The lowest BCUT2D eigenvalue weighted by molar-refractivity contribution is 0.552. The molecule has 0 spiro atoms. The van der Waals surface area contributed by atoms with Crippen molar-refractivity contribution in [2.75, 3.05) is 30.5 Å². The maximum absolute atomic E-state index is 4.79. The predicted molar refractivity (Wildman–Crippen MR) is 96.4 cm³/mol. The Kier molecular flexibility index (Phi) is 8.12. The molecule has 1 aromatic rings. The largest absolute Gasteiger partial charge is 0.356 e. The minimum atomic E-state index is 0.496. The second-order valence-electron chi connectivity index (χ2n) is 6.12. The lowest BCUT2D eigenvalue weighted by atomic mass is 10.1. The van der Waals surface area contributed by atoms with E-state index in [2.05, 4.69) is 63.3 Å². The molecule has 21 heavy (non-hydrogen) atoms. The molecular formula is C17H31N3S. The Morgan fingerprint density at radius 1 is 1.29 bits per heavy atom. The van der Waals surface area contributed by atoms with Gasteiger partial charge in [-0.3, -0.25) is 0 Å². The highest BCUT2D eigenvalue weighted by Gasteiger charge is 2.12. The first-order valence-corrected chi connectivity index (χ1v) is 9.29. The van der Waals surface area contributed by atoms with Gasteiger partial charge in [0.2, 0.25) is 0 Å². The second-order valence-corrected chi connectivity index (χ2v) is 7.03. The number of pyridine rings is 1. The quantitative estimate of drug-likeness (QED) is 0.755. The van der Waals surface area contributed by atoms with Crippen molar-refractivity contribution < 1.29 is 0 Å². The molecule has 0 aliphatic heterocycles. The summed E-state index contributed by atoms with van der Waals surface area (Å²) < 4.78 is 0. The molecule has 0 aliphatic carbocycles. The molecule has 120 valence electrons. The first-order valence-electron chi connectivity index (χ1n) is 7.90. The van der Waals surface area contributed by atoms with Gasteiger partial charge in [0.1, 0.15) is 5.82 Å². The SMILES string of the molecule is CCc1cc(CNCC(C)C)cc(N(C)C(C)CSC)n1. The van der Waals surface area contributed by atoms with E-state index in [-0.39, 0.29) is 0 Å². The lowest BCUT2D eigenvalue weighted by Gasteiger charge is -2.26. The lowest BCUT2D eigenvalue weighted by Crippen LogP contribution is -2.32. The molecule has 1 unspecified atom stereocenters. The number of rotatable bonds is 9. The molecule has 3 nitrogen and oxygen atoms in total. The molecule has 1 rings (SSSR count). The fraction of sp³-hybridized carbons (Fsp3) is 0.706. The van der Waals surface area contributed by atoms with E-state index in [0.717, 1.165) is 31.1 Å². The van der Waals surface area contributed by atoms with Crippen molar-refractivity contribution >= 4 is 17.6 Å². The molecule has 1 aromatic heterocycles. The summed E-state index contributed by atoms with van der Waals surface area (Å²) in [6, 6.07) is 4.95. The predicted octanol–water partition coefficient (Wildman–Crippen LogP) is 3.58. The second kappa shape index (κ2) is 9.31. The summed E-state index contributed by atoms with van der Waals surface area (Å²) in [6.07, 6.45) is 3.14. The number of nitrogens with zero attached hydrogens (tertiary/aromatic N) is 2. The van der Waals surface area contributed by atoms with Crippen LogP contribution in [0.3, 0.4) is 0 Å². The maximum Gasteiger partial charge on any atom is 0.129 e. The average molecular weight is 310 g/mol. The summed E-state index contributed by atoms with van der Waals surface area (Å²) in [7, 11) is 2.15. The normalized spacial score (nSPS) is 12.7. The van der Waals surface area contributed by atoms with Crippen molar-refractivity contribution in [2.24, 2.45) is 5.92 Å². The van der Waals surface area contributed by atoms with Crippen LogP contribution < -0.4 is 10.2 Å². The zero-order chi connectivity index (χ0) is 15.8. The number of aryl methyl sites for hydroxylation is 1. The van der Waals surface area contributed by atoms with Crippen molar-refractivity contribution in [3.63, 3.8) is 0 Å². The highest BCUT2D eigenvalue weighted by atomic mass is 32.2. The molecule has 0 aromatic carbocycles. The van der Waals surface area contributed by atoms with Crippen LogP contribution in [-0.2, 0) is 13.0 Å². The number of nitrogens with one attached hydrogen (secondary N) is 1. The van der Waals surface area contributed by atoms with E-state index in [1.807, 2.05) is 11.8 Å². The Morgan fingerprint density at radius 3 is 2.57 bits per heavy atom. The van der Waals surface area contributed by atoms with Crippen LogP contribution in [0.5, 0.6) is 0 Å². The van der Waals surface area contributed by atoms with Crippen LogP contribution in [0.4, 0.5) is 5.82 Å². The number of hydrogen-bond donors (Lipinski definition) is 1. The molecule has 0 aliphatic rings. The van der Waals surface area contributed by atoms with E-state index in [1.54, 1.807) is 0 Å². The third-order valence-corrected chi connectivity index (χ3v) is 4.41. The molecule has 0 radical (unpaired) electrons. The molecule has 1 N–H and O–H groups in total. The third-order valence-electron chi connectivity index (χ3n) is 3.60. The Hall–Kier alpha value is -0.740. The van der Waals surface area contributed by atoms with Gasteiger partial charge in [0.15, 0.2) is 0 Å². The maximum atomic E-state index is 4.79.